The van der Waals surface area contributed by atoms with Crippen LogP contribution in [0.1, 0.15) is 55.1 Å². The summed E-state index contributed by atoms with van der Waals surface area (Å²) in [5, 5.41) is 3.92. The number of amides is 2. The van der Waals surface area contributed by atoms with Gasteiger partial charge in [0.25, 0.3) is 0 Å². The van der Waals surface area contributed by atoms with Gasteiger partial charge in [-0.1, -0.05) is 0 Å². The summed E-state index contributed by atoms with van der Waals surface area (Å²) in [6, 6.07) is 2.94. The van der Waals surface area contributed by atoms with Gasteiger partial charge in [-0.15, -0.1) is 0 Å². The van der Waals surface area contributed by atoms with E-state index in [0.29, 0.717) is 49.9 Å². The zero-order valence-electron chi connectivity index (χ0n) is 17.2. The second-order valence-corrected chi connectivity index (χ2v) is 8.90. The molecule has 2 aromatic heterocycles. The Morgan fingerprint density at radius 3 is 2.48 bits per heavy atom. The van der Waals surface area contributed by atoms with E-state index in [-0.39, 0.29) is 35.7 Å². The predicted octanol–water partition coefficient (Wildman–Crippen LogP) is 2.77. The number of halogens is 3. The molecule has 2 amide bonds. The second kappa shape index (κ2) is 7.20. The molecular weight excluding hydrogens is 411 g/mol. The van der Waals surface area contributed by atoms with Crippen molar-refractivity contribution >= 4 is 17.5 Å². The monoisotopic (exact) mass is 435 g/mol. The van der Waals surface area contributed by atoms with Crippen molar-refractivity contribution in [2.24, 2.45) is 5.92 Å². The molecule has 1 saturated carbocycles. The normalized spacial score (nSPS) is 23.2. The van der Waals surface area contributed by atoms with Crippen LogP contribution in [0.25, 0.3) is 5.65 Å². The number of nitrogens with zero attached hydrogens (tertiary/aromatic N) is 5. The number of hydrogen-bond donors (Lipinski definition) is 0. The van der Waals surface area contributed by atoms with Gasteiger partial charge in [-0.05, 0) is 38.7 Å². The summed E-state index contributed by atoms with van der Waals surface area (Å²) in [6.45, 7) is 3.06. The lowest BCUT2D eigenvalue weighted by molar-refractivity contribution is -0.142. The van der Waals surface area contributed by atoms with Gasteiger partial charge in [0.15, 0.2) is 5.65 Å². The Labute approximate surface area is 177 Å². The first-order valence-corrected chi connectivity index (χ1v) is 10.7. The van der Waals surface area contributed by atoms with Crippen LogP contribution >= 0.6 is 0 Å². The summed E-state index contributed by atoms with van der Waals surface area (Å²) in [4.78, 5) is 33.1. The highest BCUT2D eigenvalue weighted by Gasteiger charge is 2.43. The zero-order chi connectivity index (χ0) is 21.9. The number of alkyl halides is 3. The number of fused-ring (bicyclic) bond motifs is 1. The number of carbonyl (C=O) groups is 2. The van der Waals surface area contributed by atoms with Crippen molar-refractivity contribution in [2.45, 2.75) is 57.2 Å². The number of aromatic nitrogens is 3. The average Bonchev–Trinajstić information content (AvgIpc) is 3.38. The molecule has 0 radical (unpaired) electrons. The molecule has 1 atom stereocenters. The van der Waals surface area contributed by atoms with E-state index < -0.39 is 11.9 Å². The summed E-state index contributed by atoms with van der Waals surface area (Å²) in [7, 11) is 0. The Morgan fingerprint density at radius 2 is 1.84 bits per heavy atom. The third kappa shape index (κ3) is 3.76. The molecule has 7 nitrogen and oxygen atoms in total. The Kier molecular flexibility index (Phi) is 4.71. The van der Waals surface area contributed by atoms with E-state index in [9.17, 15) is 22.8 Å². The SMILES string of the molecule is Cc1cc2nc(C3CCN(C(=O)C4CC(=O)N(C5CC5)C4)CC3)cc(C(F)(F)F)n2n1. The molecule has 3 aliphatic rings. The molecule has 31 heavy (non-hydrogen) atoms. The molecule has 0 bridgehead atoms. The summed E-state index contributed by atoms with van der Waals surface area (Å²) in [6.07, 6.45) is -1.13. The summed E-state index contributed by atoms with van der Waals surface area (Å²) in [5.41, 5.74) is 0.221. The third-order valence-corrected chi connectivity index (χ3v) is 6.58. The van der Waals surface area contributed by atoms with Gasteiger partial charge in [0, 0.05) is 49.8 Å². The Hall–Kier alpha value is -2.65. The van der Waals surface area contributed by atoms with Crippen LogP contribution < -0.4 is 0 Å². The largest absolute Gasteiger partial charge is 0.433 e. The molecule has 4 heterocycles. The fourth-order valence-electron chi connectivity index (χ4n) is 4.81. The summed E-state index contributed by atoms with van der Waals surface area (Å²) in [5.74, 6) is -0.408. The maximum absolute atomic E-state index is 13.6. The molecule has 2 aliphatic heterocycles. The molecule has 3 fully saturated rings. The lowest BCUT2D eigenvalue weighted by Gasteiger charge is -2.33. The van der Waals surface area contributed by atoms with Crippen LogP contribution in [0.3, 0.4) is 0 Å². The first-order valence-electron chi connectivity index (χ1n) is 10.7. The Balaban J connectivity index is 1.29. The van der Waals surface area contributed by atoms with Crippen LogP contribution in [0.5, 0.6) is 0 Å². The molecular formula is C21H24F3N5O2. The summed E-state index contributed by atoms with van der Waals surface area (Å²) < 4.78 is 41.5. The maximum Gasteiger partial charge on any atom is 0.433 e. The second-order valence-electron chi connectivity index (χ2n) is 8.90. The first-order chi connectivity index (χ1) is 14.7. The van der Waals surface area contributed by atoms with Crippen LogP contribution in [0.2, 0.25) is 0 Å². The van der Waals surface area contributed by atoms with Crippen molar-refractivity contribution in [1.82, 2.24) is 24.4 Å². The number of piperidine rings is 1. The van der Waals surface area contributed by atoms with Gasteiger partial charge in [-0.25, -0.2) is 9.50 Å². The van der Waals surface area contributed by atoms with E-state index in [4.69, 9.17) is 0 Å². The fourth-order valence-corrected chi connectivity index (χ4v) is 4.81. The number of aryl methyl sites for hydroxylation is 1. The van der Waals surface area contributed by atoms with Crippen LogP contribution in [0.15, 0.2) is 12.1 Å². The average molecular weight is 435 g/mol. The molecule has 0 N–H and O–H groups in total. The van der Waals surface area contributed by atoms with Crippen molar-refractivity contribution in [2.75, 3.05) is 19.6 Å². The Morgan fingerprint density at radius 1 is 1.13 bits per heavy atom. The minimum atomic E-state index is -4.53. The highest BCUT2D eigenvalue weighted by Crippen LogP contribution is 2.36. The maximum atomic E-state index is 13.6. The number of carbonyl (C=O) groups excluding carboxylic acids is 2. The number of rotatable bonds is 3. The lowest BCUT2D eigenvalue weighted by Crippen LogP contribution is -2.42. The molecule has 2 aromatic rings. The minimum absolute atomic E-state index is 0.0132. The minimum Gasteiger partial charge on any atom is -0.342 e. The molecule has 10 heteroatoms. The highest BCUT2D eigenvalue weighted by molar-refractivity contribution is 5.89. The van der Waals surface area contributed by atoms with Crippen LogP contribution in [-0.2, 0) is 15.8 Å². The van der Waals surface area contributed by atoms with Crippen molar-refractivity contribution < 1.29 is 22.8 Å². The number of likely N-dealkylation sites (tertiary alicyclic amines) is 2. The molecule has 2 saturated heterocycles. The van der Waals surface area contributed by atoms with Gasteiger partial charge in [0.1, 0.15) is 5.69 Å². The van der Waals surface area contributed by atoms with E-state index in [1.165, 1.54) is 0 Å². The van der Waals surface area contributed by atoms with Gasteiger partial charge in [-0.3, -0.25) is 9.59 Å². The van der Waals surface area contributed by atoms with Crippen LogP contribution in [0, 0.1) is 12.8 Å². The van der Waals surface area contributed by atoms with Crippen molar-refractivity contribution in [3.8, 4) is 0 Å². The summed E-state index contributed by atoms with van der Waals surface area (Å²) >= 11 is 0. The molecule has 0 spiro atoms. The fraction of sp³-hybridized carbons (Fsp3) is 0.619. The van der Waals surface area contributed by atoms with E-state index in [0.717, 1.165) is 23.4 Å². The van der Waals surface area contributed by atoms with E-state index in [1.54, 1.807) is 17.9 Å². The van der Waals surface area contributed by atoms with Gasteiger partial charge in [-0.2, -0.15) is 18.3 Å². The van der Waals surface area contributed by atoms with Crippen molar-refractivity contribution in [1.29, 1.82) is 0 Å². The molecule has 1 unspecified atom stereocenters. The lowest BCUT2D eigenvalue weighted by atomic mass is 9.92. The third-order valence-electron chi connectivity index (χ3n) is 6.58. The Bertz CT molecular complexity index is 1040. The molecule has 166 valence electrons. The predicted molar refractivity (Wildman–Crippen MR) is 104 cm³/mol. The molecule has 1 aliphatic carbocycles. The van der Waals surface area contributed by atoms with Gasteiger partial charge in [0.2, 0.25) is 11.8 Å². The standard InChI is InChI=1S/C21H24F3N5O2/c1-12-8-18-25-16(10-17(21(22,23)24)29(18)26-12)13-4-6-27(7-5-13)20(31)14-9-19(30)28(11-14)15-2-3-15/h8,10,13-15H,2-7,9,11H2,1H3. The molecule has 0 aromatic carbocycles. The first kappa shape index (κ1) is 20.3. The zero-order valence-corrected chi connectivity index (χ0v) is 17.2. The van der Waals surface area contributed by atoms with E-state index in [2.05, 4.69) is 10.1 Å². The van der Waals surface area contributed by atoms with E-state index >= 15 is 0 Å². The van der Waals surface area contributed by atoms with Crippen LogP contribution in [-0.4, -0.2) is 61.9 Å². The van der Waals surface area contributed by atoms with Crippen LogP contribution in [0.4, 0.5) is 13.2 Å². The van der Waals surface area contributed by atoms with Crippen molar-refractivity contribution in [3.05, 3.63) is 29.2 Å². The van der Waals surface area contributed by atoms with Gasteiger partial charge >= 0.3 is 6.18 Å². The smallest absolute Gasteiger partial charge is 0.342 e. The highest BCUT2D eigenvalue weighted by atomic mass is 19.4. The van der Waals surface area contributed by atoms with Gasteiger partial charge < -0.3 is 9.80 Å². The van der Waals surface area contributed by atoms with E-state index in [1.807, 2.05) is 4.90 Å². The van der Waals surface area contributed by atoms with Crippen molar-refractivity contribution in [3.63, 3.8) is 0 Å². The number of hydrogen-bond acceptors (Lipinski definition) is 4. The topological polar surface area (TPSA) is 70.8 Å². The quantitative estimate of drug-likeness (QED) is 0.744. The van der Waals surface area contributed by atoms with Gasteiger partial charge in [0.05, 0.1) is 11.6 Å². The molecule has 5 rings (SSSR count).